The molecule has 0 saturated carbocycles. The molecule has 0 aromatic carbocycles. The largest absolute Gasteiger partial charge is 0.381 e. The van der Waals surface area contributed by atoms with Crippen LogP contribution in [0.1, 0.15) is 20.3 Å². The zero-order chi connectivity index (χ0) is 12.3. The molecule has 6 heteroatoms. The van der Waals surface area contributed by atoms with E-state index in [2.05, 4.69) is 0 Å². The summed E-state index contributed by atoms with van der Waals surface area (Å²) in [5, 5.41) is 0. The second kappa shape index (κ2) is 5.44. The Hall–Kier alpha value is -0.170. The Bertz CT molecular complexity index is 318. The number of piperidine rings is 1. The van der Waals surface area contributed by atoms with Crippen LogP contribution in [-0.2, 0) is 14.8 Å². The summed E-state index contributed by atoms with van der Waals surface area (Å²) < 4.78 is 30.6. The maximum absolute atomic E-state index is 12.0. The summed E-state index contributed by atoms with van der Waals surface area (Å²) in [6.07, 6.45) is 0.470. The van der Waals surface area contributed by atoms with E-state index >= 15 is 0 Å². The van der Waals surface area contributed by atoms with Gasteiger partial charge in [0.25, 0.3) is 0 Å². The maximum atomic E-state index is 12.0. The van der Waals surface area contributed by atoms with Crippen molar-refractivity contribution in [2.45, 2.75) is 32.4 Å². The molecule has 1 aliphatic heterocycles. The summed E-state index contributed by atoms with van der Waals surface area (Å²) in [7, 11) is -1.68. The highest BCUT2D eigenvalue weighted by molar-refractivity contribution is 7.89. The van der Waals surface area contributed by atoms with Gasteiger partial charge < -0.3 is 10.5 Å². The summed E-state index contributed by atoms with van der Waals surface area (Å²) in [5.74, 6) is 0.271. The van der Waals surface area contributed by atoms with E-state index in [4.69, 9.17) is 10.5 Å². The summed E-state index contributed by atoms with van der Waals surface area (Å²) in [4.78, 5) is 0. The van der Waals surface area contributed by atoms with Crippen molar-refractivity contribution in [3.63, 3.8) is 0 Å². The molecule has 1 saturated heterocycles. The molecule has 96 valence electrons. The Morgan fingerprint density at radius 2 is 2.19 bits per heavy atom. The standard InChI is InChI=1S/C10H22N2O3S/c1-8-6-12(5-4-10(8)11)16(13,14)7-9(2)15-3/h8-10H,4-7,11H2,1-3H3. The first kappa shape index (κ1) is 13.9. The van der Waals surface area contributed by atoms with Crippen molar-refractivity contribution in [2.24, 2.45) is 11.7 Å². The molecule has 1 rings (SSSR count). The molecule has 0 bridgehead atoms. The molecule has 0 aromatic rings. The molecule has 5 nitrogen and oxygen atoms in total. The zero-order valence-electron chi connectivity index (χ0n) is 10.2. The molecule has 1 fully saturated rings. The lowest BCUT2D eigenvalue weighted by Gasteiger charge is -2.34. The van der Waals surface area contributed by atoms with Gasteiger partial charge in [-0.25, -0.2) is 12.7 Å². The van der Waals surface area contributed by atoms with Crippen molar-refractivity contribution < 1.29 is 13.2 Å². The molecule has 0 aromatic heterocycles. The van der Waals surface area contributed by atoms with Crippen molar-refractivity contribution >= 4 is 10.0 Å². The van der Waals surface area contributed by atoms with Gasteiger partial charge in [-0.1, -0.05) is 6.92 Å². The average Bonchev–Trinajstić information content (AvgIpc) is 2.21. The molecule has 1 heterocycles. The second-order valence-electron chi connectivity index (χ2n) is 4.61. The summed E-state index contributed by atoms with van der Waals surface area (Å²) in [6, 6.07) is 0.117. The number of ether oxygens (including phenoxy) is 1. The number of rotatable bonds is 4. The van der Waals surface area contributed by atoms with Gasteiger partial charge in [-0.05, 0) is 19.3 Å². The van der Waals surface area contributed by atoms with Crippen LogP contribution in [-0.4, -0.2) is 50.8 Å². The van der Waals surface area contributed by atoms with Gasteiger partial charge in [0, 0.05) is 26.2 Å². The van der Waals surface area contributed by atoms with Gasteiger partial charge >= 0.3 is 0 Å². The van der Waals surface area contributed by atoms with Crippen LogP contribution in [0.2, 0.25) is 0 Å². The molecule has 0 radical (unpaired) electrons. The Morgan fingerprint density at radius 3 is 2.69 bits per heavy atom. The van der Waals surface area contributed by atoms with Crippen molar-refractivity contribution in [1.29, 1.82) is 0 Å². The number of hydrogen-bond acceptors (Lipinski definition) is 4. The van der Waals surface area contributed by atoms with Crippen molar-refractivity contribution in [3.8, 4) is 0 Å². The minimum atomic E-state index is -3.20. The van der Waals surface area contributed by atoms with Crippen molar-refractivity contribution in [2.75, 3.05) is 26.0 Å². The second-order valence-corrected chi connectivity index (χ2v) is 6.63. The van der Waals surface area contributed by atoms with Crippen LogP contribution < -0.4 is 5.73 Å². The zero-order valence-corrected chi connectivity index (χ0v) is 11.0. The minimum Gasteiger partial charge on any atom is -0.381 e. The first-order valence-corrected chi connectivity index (χ1v) is 7.24. The Kier molecular flexibility index (Phi) is 4.73. The maximum Gasteiger partial charge on any atom is 0.216 e. The highest BCUT2D eigenvalue weighted by Gasteiger charge is 2.31. The smallest absolute Gasteiger partial charge is 0.216 e. The SMILES string of the molecule is COC(C)CS(=O)(=O)N1CCC(N)C(C)C1. The van der Waals surface area contributed by atoms with Crippen LogP contribution in [0.3, 0.4) is 0 Å². The third kappa shape index (κ3) is 3.41. The van der Waals surface area contributed by atoms with E-state index in [9.17, 15) is 8.42 Å². The predicted octanol–water partition coefficient (Wildman–Crippen LogP) is 0.0202. The average molecular weight is 250 g/mol. The number of methoxy groups -OCH3 is 1. The Morgan fingerprint density at radius 1 is 1.56 bits per heavy atom. The predicted molar refractivity (Wildman–Crippen MR) is 63.6 cm³/mol. The van der Waals surface area contributed by atoms with Crippen molar-refractivity contribution in [3.05, 3.63) is 0 Å². The Balaban J connectivity index is 2.63. The number of hydrogen-bond donors (Lipinski definition) is 1. The lowest BCUT2D eigenvalue weighted by atomic mass is 9.96. The molecule has 1 aliphatic rings. The fourth-order valence-corrected chi connectivity index (χ4v) is 3.63. The van der Waals surface area contributed by atoms with Crippen LogP contribution in [0.5, 0.6) is 0 Å². The van der Waals surface area contributed by atoms with E-state index < -0.39 is 10.0 Å². The molecule has 3 atom stereocenters. The van der Waals surface area contributed by atoms with Gasteiger partial charge in [-0.2, -0.15) is 0 Å². The highest BCUT2D eigenvalue weighted by atomic mass is 32.2. The Labute approximate surface area is 98.0 Å². The summed E-state index contributed by atoms with van der Waals surface area (Å²) in [6.45, 7) is 4.81. The molecule has 0 spiro atoms. The number of nitrogens with zero attached hydrogens (tertiary/aromatic N) is 1. The first-order valence-electron chi connectivity index (χ1n) is 5.63. The van der Waals surface area contributed by atoms with Crippen molar-refractivity contribution in [1.82, 2.24) is 4.31 Å². The van der Waals surface area contributed by atoms with Crippen LogP contribution in [0.25, 0.3) is 0 Å². The monoisotopic (exact) mass is 250 g/mol. The molecule has 2 N–H and O–H groups in total. The molecule has 0 amide bonds. The van der Waals surface area contributed by atoms with Gasteiger partial charge in [-0.15, -0.1) is 0 Å². The first-order chi connectivity index (χ1) is 7.36. The highest BCUT2D eigenvalue weighted by Crippen LogP contribution is 2.18. The van der Waals surface area contributed by atoms with Gasteiger partial charge in [-0.3, -0.25) is 0 Å². The number of nitrogens with two attached hydrogens (primary N) is 1. The summed E-state index contributed by atoms with van der Waals surface area (Å²) in [5.41, 5.74) is 5.86. The van der Waals surface area contributed by atoms with E-state index in [1.54, 1.807) is 6.92 Å². The van der Waals surface area contributed by atoms with E-state index in [1.165, 1.54) is 11.4 Å². The van der Waals surface area contributed by atoms with Crippen LogP contribution in [0.4, 0.5) is 0 Å². The van der Waals surface area contributed by atoms with E-state index in [0.29, 0.717) is 13.1 Å². The van der Waals surface area contributed by atoms with Gasteiger partial charge in [0.05, 0.1) is 11.9 Å². The lowest BCUT2D eigenvalue weighted by molar-refractivity contribution is 0.134. The lowest BCUT2D eigenvalue weighted by Crippen LogP contribution is -2.49. The van der Waals surface area contributed by atoms with Crippen LogP contribution >= 0.6 is 0 Å². The molecular formula is C10H22N2O3S. The molecule has 3 unspecified atom stereocenters. The van der Waals surface area contributed by atoms with E-state index in [0.717, 1.165) is 6.42 Å². The summed E-state index contributed by atoms with van der Waals surface area (Å²) >= 11 is 0. The normalized spacial score (nSPS) is 30.2. The van der Waals surface area contributed by atoms with E-state index in [1.807, 2.05) is 6.92 Å². The third-order valence-corrected chi connectivity index (χ3v) is 5.18. The molecule has 0 aliphatic carbocycles. The molecule has 16 heavy (non-hydrogen) atoms. The third-order valence-electron chi connectivity index (χ3n) is 3.18. The fraction of sp³-hybridized carbons (Fsp3) is 1.00. The van der Waals surface area contributed by atoms with Crippen LogP contribution in [0, 0.1) is 5.92 Å². The number of sulfonamides is 1. The fourth-order valence-electron chi connectivity index (χ4n) is 1.85. The minimum absolute atomic E-state index is 0.0471. The topological polar surface area (TPSA) is 72.6 Å². The van der Waals surface area contributed by atoms with Gasteiger partial charge in [0.2, 0.25) is 10.0 Å². The van der Waals surface area contributed by atoms with Crippen LogP contribution in [0.15, 0.2) is 0 Å². The quantitative estimate of drug-likeness (QED) is 0.763. The van der Waals surface area contributed by atoms with Gasteiger partial charge in [0.15, 0.2) is 0 Å². The van der Waals surface area contributed by atoms with E-state index in [-0.39, 0.29) is 23.8 Å². The van der Waals surface area contributed by atoms with Gasteiger partial charge in [0.1, 0.15) is 0 Å². The molecular weight excluding hydrogens is 228 g/mol.